The molecular weight excluding hydrogens is 392 g/mol. The van der Waals surface area contributed by atoms with Gasteiger partial charge in [0.05, 0.1) is 14.2 Å². The minimum absolute atomic E-state index is 0.0426. The molecule has 0 bridgehead atoms. The van der Waals surface area contributed by atoms with Crippen molar-refractivity contribution in [3.05, 3.63) is 89.0 Å². The number of amides is 2. The van der Waals surface area contributed by atoms with Gasteiger partial charge in [0, 0.05) is 29.9 Å². The van der Waals surface area contributed by atoms with Crippen LogP contribution in [-0.4, -0.2) is 32.6 Å². The van der Waals surface area contributed by atoms with E-state index in [9.17, 15) is 9.59 Å². The fourth-order valence-corrected chi connectivity index (χ4v) is 3.68. The van der Waals surface area contributed by atoms with E-state index in [0.29, 0.717) is 35.7 Å². The molecule has 0 saturated carbocycles. The van der Waals surface area contributed by atoms with Crippen LogP contribution in [-0.2, 0) is 13.0 Å². The zero-order valence-electron chi connectivity index (χ0n) is 17.6. The van der Waals surface area contributed by atoms with Crippen LogP contribution in [0.3, 0.4) is 0 Å². The fourth-order valence-electron chi connectivity index (χ4n) is 3.68. The van der Waals surface area contributed by atoms with Crippen LogP contribution in [0.4, 0.5) is 5.69 Å². The molecule has 3 aromatic rings. The summed E-state index contributed by atoms with van der Waals surface area (Å²) in [6, 6.07) is 20.2. The van der Waals surface area contributed by atoms with Crippen LogP contribution in [0.5, 0.6) is 11.5 Å². The van der Waals surface area contributed by atoms with E-state index in [1.165, 1.54) is 0 Å². The van der Waals surface area contributed by atoms with Crippen molar-refractivity contribution in [2.75, 3.05) is 25.7 Å². The number of carbonyl (C=O) groups excluding carboxylic acids is 2. The van der Waals surface area contributed by atoms with Crippen LogP contribution in [0.15, 0.2) is 66.7 Å². The van der Waals surface area contributed by atoms with Crippen molar-refractivity contribution < 1.29 is 19.1 Å². The zero-order valence-corrected chi connectivity index (χ0v) is 17.6. The minimum atomic E-state index is -0.175. The predicted octanol–water partition coefficient (Wildman–Crippen LogP) is 3.84. The highest BCUT2D eigenvalue weighted by molar-refractivity contribution is 6.07. The van der Waals surface area contributed by atoms with E-state index >= 15 is 0 Å². The Balaban J connectivity index is 1.47. The average molecular weight is 416 g/mol. The second-order valence-corrected chi connectivity index (χ2v) is 7.31. The summed E-state index contributed by atoms with van der Waals surface area (Å²) in [5, 5.41) is 2.93. The Morgan fingerprint density at radius 1 is 0.903 bits per heavy atom. The molecule has 0 saturated heterocycles. The molecule has 158 valence electrons. The van der Waals surface area contributed by atoms with Crippen molar-refractivity contribution in [2.24, 2.45) is 0 Å². The summed E-state index contributed by atoms with van der Waals surface area (Å²) in [6.07, 6.45) is 0.813. The van der Waals surface area contributed by atoms with E-state index in [-0.39, 0.29) is 11.8 Å². The molecule has 31 heavy (non-hydrogen) atoms. The number of nitrogens with one attached hydrogen (secondary N) is 1. The van der Waals surface area contributed by atoms with Gasteiger partial charge < -0.3 is 19.7 Å². The monoisotopic (exact) mass is 416 g/mol. The number of rotatable bonds is 6. The Hall–Kier alpha value is -3.80. The van der Waals surface area contributed by atoms with Gasteiger partial charge in [0.15, 0.2) is 0 Å². The molecule has 1 N–H and O–H groups in total. The Morgan fingerprint density at radius 2 is 1.68 bits per heavy atom. The van der Waals surface area contributed by atoms with Crippen molar-refractivity contribution in [1.82, 2.24) is 5.32 Å². The van der Waals surface area contributed by atoms with Crippen LogP contribution in [0.2, 0.25) is 0 Å². The Labute approximate surface area is 181 Å². The molecule has 0 aliphatic carbocycles. The van der Waals surface area contributed by atoms with Crippen molar-refractivity contribution >= 4 is 17.5 Å². The Bertz CT molecular complexity index is 1110. The fraction of sp³-hybridized carbons (Fsp3) is 0.200. The first-order valence-corrected chi connectivity index (χ1v) is 10.1. The minimum Gasteiger partial charge on any atom is -0.497 e. The molecule has 0 unspecified atom stereocenters. The van der Waals surface area contributed by atoms with Gasteiger partial charge in [-0.25, -0.2) is 0 Å². The molecule has 6 heteroatoms. The summed E-state index contributed by atoms with van der Waals surface area (Å²) >= 11 is 0. The summed E-state index contributed by atoms with van der Waals surface area (Å²) < 4.78 is 10.3. The lowest BCUT2D eigenvalue weighted by molar-refractivity contribution is 0.0948. The van der Waals surface area contributed by atoms with Gasteiger partial charge in [0.2, 0.25) is 0 Å². The van der Waals surface area contributed by atoms with E-state index in [4.69, 9.17) is 9.47 Å². The first kappa shape index (κ1) is 20.5. The lowest BCUT2D eigenvalue weighted by Crippen LogP contribution is -2.29. The third kappa shape index (κ3) is 4.38. The Kier molecular flexibility index (Phi) is 5.89. The van der Waals surface area contributed by atoms with E-state index in [2.05, 4.69) is 5.32 Å². The van der Waals surface area contributed by atoms with Crippen LogP contribution < -0.4 is 19.7 Å². The molecule has 4 rings (SSSR count). The molecule has 0 radical (unpaired) electrons. The molecule has 1 heterocycles. The van der Waals surface area contributed by atoms with E-state index in [1.807, 2.05) is 18.2 Å². The van der Waals surface area contributed by atoms with E-state index in [0.717, 1.165) is 23.2 Å². The SMILES string of the molecule is COc1ccc(C(=O)N2CCc3ccc(CNC(=O)c4cccc(OC)c4)cc32)cc1. The number of nitrogens with zero attached hydrogens (tertiary/aromatic N) is 1. The number of hydrogen-bond donors (Lipinski definition) is 1. The van der Waals surface area contributed by atoms with Crippen LogP contribution in [0.1, 0.15) is 31.8 Å². The molecule has 0 spiro atoms. The van der Waals surface area contributed by atoms with Crippen LogP contribution >= 0.6 is 0 Å². The van der Waals surface area contributed by atoms with Gasteiger partial charge >= 0.3 is 0 Å². The number of anilines is 1. The first-order chi connectivity index (χ1) is 15.1. The summed E-state index contributed by atoms with van der Waals surface area (Å²) in [7, 11) is 3.17. The van der Waals surface area contributed by atoms with Crippen LogP contribution in [0, 0.1) is 0 Å². The van der Waals surface area contributed by atoms with Crippen molar-refractivity contribution in [3.63, 3.8) is 0 Å². The maximum Gasteiger partial charge on any atom is 0.258 e. The maximum absolute atomic E-state index is 13.0. The van der Waals surface area contributed by atoms with Gasteiger partial charge in [-0.2, -0.15) is 0 Å². The van der Waals surface area contributed by atoms with E-state index in [1.54, 1.807) is 67.7 Å². The quantitative estimate of drug-likeness (QED) is 0.663. The largest absolute Gasteiger partial charge is 0.497 e. The second kappa shape index (κ2) is 8.92. The topological polar surface area (TPSA) is 67.9 Å². The molecule has 6 nitrogen and oxygen atoms in total. The first-order valence-electron chi connectivity index (χ1n) is 10.1. The lowest BCUT2D eigenvalue weighted by atomic mass is 10.1. The molecule has 1 aliphatic heterocycles. The van der Waals surface area contributed by atoms with Gasteiger partial charge in [0.25, 0.3) is 11.8 Å². The number of methoxy groups -OCH3 is 2. The normalized spacial score (nSPS) is 12.3. The van der Waals surface area contributed by atoms with Gasteiger partial charge in [-0.05, 0) is 66.1 Å². The lowest BCUT2D eigenvalue weighted by Gasteiger charge is -2.18. The van der Waals surface area contributed by atoms with Gasteiger partial charge in [-0.1, -0.05) is 18.2 Å². The smallest absolute Gasteiger partial charge is 0.258 e. The third-order valence-electron chi connectivity index (χ3n) is 5.41. The van der Waals surface area contributed by atoms with Gasteiger partial charge in [-0.3, -0.25) is 9.59 Å². The standard InChI is InChI=1S/C25H24N2O4/c1-30-21-10-8-19(9-11-21)25(29)27-13-12-18-7-6-17(14-23(18)27)16-26-24(28)20-4-3-5-22(15-20)31-2/h3-11,14-15H,12-13,16H2,1-2H3,(H,26,28). The molecule has 0 atom stereocenters. The predicted molar refractivity (Wildman–Crippen MR) is 119 cm³/mol. The highest BCUT2D eigenvalue weighted by Gasteiger charge is 2.26. The number of ether oxygens (including phenoxy) is 2. The molecule has 3 aromatic carbocycles. The number of carbonyl (C=O) groups is 2. The molecular formula is C25H24N2O4. The van der Waals surface area contributed by atoms with Crippen LogP contribution in [0.25, 0.3) is 0 Å². The number of hydrogen-bond acceptors (Lipinski definition) is 4. The highest BCUT2D eigenvalue weighted by atomic mass is 16.5. The summed E-state index contributed by atoms with van der Waals surface area (Å²) in [4.78, 5) is 27.3. The number of benzene rings is 3. The molecule has 0 fully saturated rings. The van der Waals surface area contributed by atoms with Crippen molar-refractivity contribution in [2.45, 2.75) is 13.0 Å². The average Bonchev–Trinajstić information content (AvgIpc) is 3.25. The molecule has 1 aliphatic rings. The maximum atomic E-state index is 13.0. The highest BCUT2D eigenvalue weighted by Crippen LogP contribution is 2.30. The summed E-state index contributed by atoms with van der Waals surface area (Å²) in [5.41, 5.74) is 4.12. The third-order valence-corrected chi connectivity index (χ3v) is 5.41. The second-order valence-electron chi connectivity index (χ2n) is 7.31. The molecule has 2 amide bonds. The zero-order chi connectivity index (χ0) is 21.8. The van der Waals surface area contributed by atoms with Crippen molar-refractivity contribution in [3.8, 4) is 11.5 Å². The summed E-state index contributed by atoms with van der Waals surface area (Å²) in [5.74, 6) is 1.13. The van der Waals surface area contributed by atoms with Gasteiger partial charge in [0.1, 0.15) is 11.5 Å². The van der Waals surface area contributed by atoms with Crippen molar-refractivity contribution in [1.29, 1.82) is 0 Å². The Morgan fingerprint density at radius 3 is 2.42 bits per heavy atom. The van der Waals surface area contributed by atoms with E-state index < -0.39 is 0 Å². The molecule has 0 aromatic heterocycles. The summed E-state index contributed by atoms with van der Waals surface area (Å²) in [6.45, 7) is 1.01. The van der Waals surface area contributed by atoms with Gasteiger partial charge in [-0.15, -0.1) is 0 Å². The number of fused-ring (bicyclic) bond motifs is 1.